The first-order valence-electron chi connectivity index (χ1n) is 8.95. The highest BCUT2D eigenvalue weighted by Gasteiger charge is 2.26. The zero-order valence-electron chi connectivity index (χ0n) is 16.0. The Morgan fingerprint density at radius 2 is 1.89 bits per heavy atom. The largest absolute Gasteiger partial charge is 0.339 e. The molecule has 6 nitrogen and oxygen atoms in total. The lowest BCUT2D eigenvalue weighted by Gasteiger charge is -2.21. The number of hydrogen-bond acceptors (Lipinski definition) is 4. The second-order valence-corrected chi connectivity index (χ2v) is 9.21. The predicted molar refractivity (Wildman–Crippen MR) is 106 cm³/mol. The normalized spacial score (nSPS) is 15.9. The standard InChI is InChI=1S/C18H28FN3O3S.ClH/c1-13(2)17(20)8-11-21(3)26(24,25)14-6-7-15(16(19)12-14)18(23)22-9-4-5-10-22;/h6-7,12-13,17H,4-5,8-11,20H2,1-3H3;1H. The number of benzene rings is 1. The number of hydrogen-bond donors (Lipinski definition) is 1. The minimum Gasteiger partial charge on any atom is -0.339 e. The third-order valence-electron chi connectivity index (χ3n) is 4.91. The molecule has 0 saturated carbocycles. The third kappa shape index (κ3) is 5.63. The molecule has 2 rings (SSSR count). The van der Waals surface area contributed by atoms with Crippen LogP contribution in [-0.2, 0) is 10.0 Å². The van der Waals surface area contributed by atoms with Crippen LogP contribution in [0.15, 0.2) is 23.1 Å². The van der Waals surface area contributed by atoms with Crippen molar-refractivity contribution in [3.8, 4) is 0 Å². The van der Waals surface area contributed by atoms with Crippen LogP contribution in [0.1, 0.15) is 43.5 Å². The second-order valence-electron chi connectivity index (χ2n) is 7.16. The molecule has 0 bridgehead atoms. The average Bonchev–Trinajstić information content (AvgIpc) is 3.12. The second kappa shape index (κ2) is 9.82. The van der Waals surface area contributed by atoms with Crippen molar-refractivity contribution in [1.82, 2.24) is 9.21 Å². The van der Waals surface area contributed by atoms with E-state index in [4.69, 9.17) is 5.73 Å². The summed E-state index contributed by atoms with van der Waals surface area (Å²) < 4.78 is 40.8. The van der Waals surface area contributed by atoms with Gasteiger partial charge >= 0.3 is 0 Å². The van der Waals surface area contributed by atoms with Crippen LogP contribution in [0.2, 0.25) is 0 Å². The lowest BCUT2D eigenvalue weighted by atomic mass is 10.0. The number of halogens is 2. The van der Waals surface area contributed by atoms with E-state index < -0.39 is 15.8 Å². The Hall–Kier alpha value is -1.22. The first-order valence-corrected chi connectivity index (χ1v) is 10.4. The van der Waals surface area contributed by atoms with Gasteiger partial charge in [-0.3, -0.25) is 4.79 Å². The average molecular weight is 422 g/mol. The Labute approximate surface area is 167 Å². The van der Waals surface area contributed by atoms with Gasteiger partial charge in [0.25, 0.3) is 5.91 Å². The summed E-state index contributed by atoms with van der Waals surface area (Å²) in [5.41, 5.74) is 5.87. The van der Waals surface area contributed by atoms with Crippen LogP contribution in [0.4, 0.5) is 4.39 Å². The molecule has 1 fully saturated rings. The number of likely N-dealkylation sites (tertiary alicyclic amines) is 1. The van der Waals surface area contributed by atoms with E-state index in [1.165, 1.54) is 23.5 Å². The van der Waals surface area contributed by atoms with Crippen molar-refractivity contribution < 1.29 is 17.6 Å². The van der Waals surface area contributed by atoms with Crippen LogP contribution in [0, 0.1) is 11.7 Å². The summed E-state index contributed by atoms with van der Waals surface area (Å²) in [4.78, 5) is 13.7. The number of amides is 1. The minimum absolute atomic E-state index is 0. The van der Waals surface area contributed by atoms with Gasteiger partial charge in [-0.15, -0.1) is 12.4 Å². The molecule has 0 aliphatic carbocycles. The predicted octanol–water partition coefficient (Wildman–Crippen LogP) is 2.48. The van der Waals surface area contributed by atoms with Crippen molar-refractivity contribution in [3.63, 3.8) is 0 Å². The fourth-order valence-corrected chi connectivity index (χ4v) is 4.08. The van der Waals surface area contributed by atoms with Crippen LogP contribution < -0.4 is 5.73 Å². The van der Waals surface area contributed by atoms with Gasteiger partial charge in [0.15, 0.2) is 0 Å². The van der Waals surface area contributed by atoms with Gasteiger partial charge in [0.2, 0.25) is 10.0 Å². The molecule has 1 amide bonds. The summed E-state index contributed by atoms with van der Waals surface area (Å²) >= 11 is 0. The highest BCUT2D eigenvalue weighted by molar-refractivity contribution is 7.89. The van der Waals surface area contributed by atoms with Crippen molar-refractivity contribution in [2.45, 2.75) is 44.0 Å². The van der Waals surface area contributed by atoms with E-state index in [9.17, 15) is 17.6 Å². The monoisotopic (exact) mass is 421 g/mol. The number of nitrogens with two attached hydrogens (primary N) is 1. The number of carbonyl (C=O) groups is 1. The van der Waals surface area contributed by atoms with Gasteiger partial charge in [0.1, 0.15) is 5.82 Å². The van der Waals surface area contributed by atoms with Crippen LogP contribution in [0.5, 0.6) is 0 Å². The molecule has 0 radical (unpaired) electrons. The highest BCUT2D eigenvalue weighted by Crippen LogP contribution is 2.21. The van der Waals surface area contributed by atoms with Crippen molar-refractivity contribution in [2.75, 3.05) is 26.7 Å². The molecule has 0 spiro atoms. The van der Waals surface area contributed by atoms with Gasteiger partial charge in [-0.2, -0.15) is 0 Å². The molecule has 1 unspecified atom stereocenters. The lowest BCUT2D eigenvalue weighted by Crippen LogP contribution is -2.34. The van der Waals surface area contributed by atoms with Crippen molar-refractivity contribution >= 4 is 28.3 Å². The SMILES string of the molecule is CC(C)C(N)CCN(C)S(=O)(=O)c1ccc(C(=O)N2CCCC2)c(F)c1.Cl. The van der Waals surface area contributed by atoms with E-state index >= 15 is 0 Å². The fraction of sp³-hybridized carbons (Fsp3) is 0.611. The molecule has 1 aromatic carbocycles. The van der Waals surface area contributed by atoms with Gasteiger partial charge in [-0.05, 0) is 43.4 Å². The van der Waals surface area contributed by atoms with Crippen LogP contribution >= 0.6 is 12.4 Å². The number of sulfonamides is 1. The van der Waals surface area contributed by atoms with Crippen LogP contribution in [-0.4, -0.2) is 56.3 Å². The fourth-order valence-electron chi connectivity index (χ4n) is 2.88. The van der Waals surface area contributed by atoms with Crippen LogP contribution in [0.25, 0.3) is 0 Å². The van der Waals surface area contributed by atoms with E-state index in [1.807, 2.05) is 13.8 Å². The molecule has 1 aliphatic rings. The van der Waals surface area contributed by atoms with E-state index in [1.54, 1.807) is 4.90 Å². The minimum atomic E-state index is -3.83. The first-order chi connectivity index (χ1) is 12.1. The Morgan fingerprint density at radius 1 is 1.30 bits per heavy atom. The first kappa shape index (κ1) is 23.8. The molecule has 1 saturated heterocycles. The van der Waals surface area contributed by atoms with E-state index in [2.05, 4.69) is 0 Å². The molecular formula is C18H29ClFN3O3S. The Bertz CT molecular complexity index is 752. The smallest absolute Gasteiger partial charge is 0.256 e. The van der Waals surface area contributed by atoms with Crippen molar-refractivity contribution in [2.24, 2.45) is 11.7 Å². The summed E-state index contributed by atoms with van der Waals surface area (Å²) in [5.74, 6) is -0.949. The highest BCUT2D eigenvalue weighted by atomic mass is 35.5. The molecule has 2 N–H and O–H groups in total. The number of nitrogens with zero attached hydrogens (tertiary/aromatic N) is 2. The maximum Gasteiger partial charge on any atom is 0.256 e. The maximum atomic E-state index is 14.4. The molecule has 27 heavy (non-hydrogen) atoms. The zero-order chi connectivity index (χ0) is 19.5. The Kier molecular flexibility index (Phi) is 8.66. The molecule has 1 aliphatic heterocycles. The summed E-state index contributed by atoms with van der Waals surface area (Å²) in [5, 5.41) is 0. The van der Waals surface area contributed by atoms with Crippen molar-refractivity contribution in [1.29, 1.82) is 0 Å². The number of rotatable bonds is 7. The summed E-state index contributed by atoms with van der Waals surface area (Å²) in [7, 11) is -2.38. The zero-order valence-corrected chi connectivity index (χ0v) is 17.7. The molecule has 9 heteroatoms. The van der Waals surface area contributed by atoms with Gasteiger partial charge in [0, 0.05) is 32.7 Å². The van der Waals surface area contributed by atoms with Crippen molar-refractivity contribution in [3.05, 3.63) is 29.6 Å². The van der Waals surface area contributed by atoms with E-state index in [0.29, 0.717) is 19.5 Å². The maximum absolute atomic E-state index is 14.4. The Balaban J connectivity index is 0.00000364. The quantitative estimate of drug-likeness (QED) is 0.733. The Morgan fingerprint density at radius 3 is 2.41 bits per heavy atom. The summed E-state index contributed by atoms with van der Waals surface area (Å²) in [6, 6.07) is 3.37. The lowest BCUT2D eigenvalue weighted by molar-refractivity contribution is 0.0788. The molecule has 1 heterocycles. The van der Waals surface area contributed by atoms with Gasteiger partial charge in [0.05, 0.1) is 10.5 Å². The molecule has 0 aromatic heterocycles. The topological polar surface area (TPSA) is 83.7 Å². The van der Waals surface area contributed by atoms with E-state index in [0.717, 1.165) is 18.9 Å². The molecule has 1 aromatic rings. The molecule has 1 atom stereocenters. The number of carbonyl (C=O) groups excluding carboxylic acids is 1. The van der Waals surface area contributed by atoms with Gasteiger partial charge < -0.3 is 10.6 Å². The summed E-state index contributed by atoms with van der Waals surface area (Å²) in [6.07, 6.45) is 2.33. The van der Waals surface area contributed by atoms with Gasteiger partial charge in [-0.25, -0.2) is 17.1 Å². The van der Waals surface area contributed by atoms with Gasteiger partial charge in [-0.1, -0.05) is 13.8 Å². The summed E-state index contributed by atoms with van der Waals surface area (Å²) in [6.45, 7) is 5.42. The molecular weight excluding hydrogens is 393 g/mol. The van der Waals surface area contributed by atoms with Crippen LogP contribution in [0.3, 0.4) is 0 Å². The third-order valence-corrected chi connectivity index (χ3v) is 6.76. The van der Waals surface area contributed by atoms with E-state index in [-0.39, 0.29) is 47.3 Å². The molecule has 154 valence electrons.